The summed E-state index contributed by atoms with van der Waals surface area (Å²) in [5.41, 5.74) is 0.797. The maximum atomic E-state index is 13.8. The zero-order valence-corrected chi connectivity index (χ0v) is 20.6. The molecule has 1 atom stereocenters. The van der Waals surface area contributed by atoms with Crippen LogP contribution in [0.2, 0.25) is 5.02 Å². The van der Waals surface area contributed by atoms with E-state index in [0.29, 0.717) is 33.1 Å². The number of benzene rings is 2. The Morgan fingerprint density at radius 1 is 1.17 bits per heavy atom. The van der Waals surface area contributed by atoms with Gasteiger partial charge in [-0.15, -0.1) is 0 Å². The standard InChI is InChI=1S/C26H26ClNO7/c1-14(2)34-18-8-6-5-7-17(18)22-21(24(30)26(31)28(22)9-10-32-3)23(29)19-12-15-11-16(27)13-20(33-4)25(15)35-19/h5-8,11-14,22,30H,9-10H2,1-4H3. The van der Waals surface area contributed by atoms with Gasteiger partial charge in [-0.05, 0) is 32.0 Å². The second-order valence-electron chi connectivity index (χ2n) is 8.33. The van der Waals surface area contributed by atoms with Crippen LogP contribution < -0.4 is 9.47 Å². The molecular formula is C26H26ClNO7. The summed E-state index contributed by atoms with van der Waals surface area (Å²) in [5, 5.41) is 11.8. The highest BCUT2D eigenvalue weighted by Gasteiger charge is 2.45. The summed E-state index contributed by atoms with van der Waals surface area (Å²) in [6, 6.07) is 10.9. The van der Waals surface area contributed by atoms with E-state index >= 15 is 0 Å². The lowest BCUT2D eigenvalue weighted by Gasteiger charge is -2.28. The smallest absolute Gasteiger partial charge is 0.290 e. The molecule has 1 N–H and O–H groups in total. The molecule has 0 spiro atoms. The summed E-state index contributed by atoms with van der Waals surface area (Å²) in [6.45, 7) is 4.13. The first kappa shape index (κ1) is 24.6. The molecule has 184 valence electrons. The number of carbonyl (C=O) groups excluding carboxylic acids is 2. The van der Waals surface area contributed by atoms with Gasteiger partial charge >= 0.3 is 0 Å². The van der Waals surface area contributed by atoms with Gasteiger partial charge in [-0.25, -0.2) is 0 Å². The van der Waals surface area contributed by atoms with Crippen LogP contribution in [-0.2, 0) is 9.53 Å². The molecule has 8 nitrogen and oxygen atoms in total. The molecule has 2 aromatic carbocycles. The van der Waals surface area contributed by atoms with Crippen molar-refractivity contribution in [2.75, 3.05) is 27.4 Å². The average Bonchev–Trinajstić information content (AvgIpc) is 3.36. The largest absolute Gasteiger partial charge is 0.503 e. The number of furan rings is 1. The average molecular weight is 500 g/mol. The quantitative estimate of drug-likeness (QED) is 0.408. The summed E-state index contributed by atoms with van der Waals surface area (Å²) in [7, 11) is 2.98. The highest BCUT2D eigenvalue weighted by Crippen LogP contribution is 2.43. The number of aliphatic hydroxyl groups is 1. The van der Waals surface area contributed by atoms with Gasteiger partial charge in [-0.2, -0.15) is 0 Å². The zero-order chi connectivity index (χ0) is 25.3. The topological polar surface area (TPSA) is 98.4 Å². The fourth-order valence-electron chi connectivity index (χ4n) is 4.18. The van der Waals surface area contributed by atoms with Crippen molar-refractivity contribution in [3.8, 4) is 11.5 Å². The first-order chi connectivity index (χ1) is 16.8. The van der Waals surface area contributed by atoms with E-state index in [1.54, 1.807) is 36.4 Å². The number of rotatable bonds is 9. The van der Waals surface area contributed by atoms with Crippen LogP contribution in [0.25, 0.3) is 11.0 Å². The molecule has 0 aliphatic carbocycles. The van der Waals surface area contributed by atoms with Crippen LogP contribution >= 0.6 is 11.6 Å². The predicted molar refractivity (Wildman–Crippen MR) is 130 cm³/mol. The summed E-state index contributed by atoms with van der Waals surface area (Å²) in [4.78, 5) is 28.2. The van der Waals surface area contributed by atoms with Crippen LogP contribution in [-0.4, -0.2) is 55.2 Å². The molecule has 0 fully saturated rings. The lowest BCUT2D eigenvalue weighted by atomic mass is 9.94. The molecule has 0 bridgehead atoms. The number of halogens is 1. The number of ether oxygens (including phenoxy) is 3. The maximum absolute atomic E-state index is 13.8. The van der Waals surface area contributed by atoms with Gasteiger partial charge in [0.2, 0.25) is 5.78 Å². The van der Waals surface area contributed by atoms with E-state index in [4.69, 9.17) is 30.2 Å². The van der Waals surface area contributed by atoms with E-state index in [9.17, 15) is 14.7 Å². The van der Waals surface area contributed by atoms with Crippen molar-refractivity contribution in [1.29, 1.82) is 0 Å². The number of nitrogens with zero attached hydrogens (tertiary/aromatic N) is 1. The second-order valence-corrected chi connectivity index (χ2v) is 8.76. The minimum absolute atomic E-state index is 0.0595. The number of aliphatic hydroxyl groups excluding tert-OH is 1. The Balaban J connectivity index is 1.85. The molecule has 3 aromatic rings. The van der Waals surface area contributed by atoms with Crippen molar-refractivity contribution in [2.24, 2.45) is 0 Å². The molecule has 0 saturated heterocycles. The number of ketones is 1. The van der Waals surface area contributed by atoms with Gasteiger partial charge in [0.15, 0.2) is 22.9 Å². The molecule has 1 aliphatic heterocycles. The minimum Gasteiger partial charge on any atom is -0.503 e. The normalized spacial score (nSPS) is 16.0. The highest BCUT2D eigenvalue weighted by atomic mass is 35.5. The number of fused-ring (bicyclic) bond motifs is 1. The first-order valence-electron chi connectivity index (χ1n) is 11.1. The van der Waals surface area contributed by atoms with Crippen LogP contribution in [0, 0.1) is 0 Å². The van der Waals surface area contributed by atoms with E-state index in [-0.39, 0.29) is 30.6 Å². The van der Waals surface area contributed by atoms with Crippen LogP contribution in [0.5, 0.6) is 11.5 Å². The Labute approximate surface area is 207 Å². The minimum atomic E-state index is -0.904. The van der Waals surface area contributed by atoms with Crippen LogP contribution in [0.15, 0.2) is 58.2 Å². The maximum Gasteiger partial charge on any atom is 0.290 e. The van der Waals surface area contributed by atoms with Gasteiger partial charge in [-0.1, -0.05) is 29.8 Å². The third-order valence-electron chi connectivity index (χ3n) is 5.65. The summed E-state index contributed by atoms with van der Waals surface area (Å²) >= 11 is 6.16. The number of hydrogen-bond acceptors (Lipinski definition) is 7. The molecule has 1 unspecified atom stereocenters. The fraction of sp³-hybridized carbons (Fsp3) is 0.308. The molecular weight excluding hydrogens is 474 g/mol. The number of carbonyl (C=O) groups is 2. The van der Waals surface area contributed by atoms with Gasteiger partial charge in [0, 0.05) is 35.7 Å². The molecule has 1 amide bonds. The monoisotopic (exact) mass is 499 g/mol. The van der Waals surface area contributed by atoms with Gasteiger partial charge in [0.25, 0.3) is 5.91 Å². The van der Waals surface area contributed by atoms with Gasteiger partial charge in [0.1, 0.15) is 5.75 Å². The van der Waals surface area contributed by atoms with Crippen molar-refractivity contribution < 1.29 is 33.3 Å². The molecule has 1 aliphatic rings. The van der Waals surface area contributed by atoms with Crippen molar-refractivity contribution >= 4 is 34.3 Å². The SMILES string of the molecule is COCCN1C(=O)C(O)=C(C(=O)c2cc3cc(Cl)cc(OC)c3o2)C1c1ccccc1OC(C)C. The number of para-hydroxylation sites is 1. The molecule has 0 radical (unpaired) electrons. The third kappa shape index (κ3) is 4.59. The van der Waals surface area contributed by atoms with Crippen LogP contribution in [0.4, 0.5) is 0 Å². The molecule has 35 heavy (non-hydrogen) atoms. The van der Waals surface area contributed by atoms with E-state index in [1.165, 1.54) is 25.2 Å². The lowest BCUT2D eigenvalue weighted by Crippen LogP contribution is -2.34. The summed E-state index contributed by atoms with van der Waals surface area (Å²) < 4.78 is 22.3. The van der Waals surface area contributed by atoms with Crippen LogP contribution in [0.3, 0.4) is 0 Å². The number of hydrogen-bond donors (Lipinski definition) is 1. The van der Waals surface area contributed by atoms with E-state index in [1.807, 2.05) is 13.8 Å². The Hall–Kier alpha value is -3.49. The van der Waals surface area contributed by atoms with Crippen molar-refractivity contribution in [3.05, 3.63) is 70.1 Å². The van der Waals surface area contributed by atoms with Gasteiger partial charge in [0.05, 0.1) is 31.4 Å². The highest BCUT2D eigenvalue weighted by molar-refractivity contribution is 6.31. The predicted octanol–water partition coefficient (Wildman–Crippen LogP) is 5.11. The Morgan fingerprint density at radius 3 is 2.60 bits per heavy atom. The third-order valence-corrected chi connectivity index (χ3v) is 5.87. The first-order valence-corrected chi connectivity index (χ1v) is 11.4. The Kier molecular flexibility index (Phi) is 7.05. The Morgan fingerprint density at radius 2 is 1.91 bits per heavy atom. The van der Waals surface area contributed by atoms with E-state index < -0.39 is 23.5 Å². The zero-order valence-electron chi connectivity index (χ0n) is 19.8. The number of Topliss-reactive ketones (excluding diaryl/α,β-unsaturated/α-hetero) is 1. The molecule has 1 aromatic heterocycles. The number of amides is 1. The van der Waals surface area contributed by atoms with Crippen molar-refractivity contribution in [3.63, 3.8) is 0 Å². The van der Waals surface area contributed by atoms with E-state index in [2.05, 4.69) is 0 Å². The summed E-state index contributed by atoms with van der Waals surface area (Å²) in [5.74, 6) is -1.14. The molecule has 4 rings (SSSR count). The van der Waals surface area contributed by atoms with Gasteiger partial charge < -0.3 is 28.6 Å². The molecule has 2 heterocycles. The van der Waals surface area contributed by atoms with Crippen molar-refractivity contribution in [1.82, 2.24) is 4.90 Å². The van der Waals surface area contributed by atoms with E-state index in [0.717, 1.165) is 0 Å². The molecule has 9 heteroatoms. The molecule has 0 saturated carbocycles. The fourth-order valence-corrected chi connectivity index (χ4v) is 4.40. The number of methoxy groups -OCH3 is 2. The summed E-state index contributed by atoms with van der Waals surface area (Å²) in [6.07, 6.45) is -0.148. The van der Waals surface area contributed by atoms with Gasteiger partial charge in [-0.3, -0.25) is 9.59 Å². The van der Waals surface area contributed by atoms with Crippen LogP contribution in [0.1, 0.15) is 36.0 Å². The Bertz CT molecular complexity index is 1310. The second kappa shape index (κ2) is 10.0. The lowest BCUT2D eigenvalue weighted by molar-refractivity contribution is -0.130. The van der Waals surface area contributed by atoms with Crippen molar-refractivity contribution in [2.45, 2.75) is 26.0 Å².